The monoisotopic (exact) mass is 439 g/mol. The van der Waals surface area contributed by atoms with Crippen LogP contribution in [-0.4, -0.2) is 23.9 Å². The van der Waals surface area contributed by atoms with Crippen LogP contribution in [0.5, 0.6) is 0 Å². The highest BCUT2D eigenvalue weighted by molar-refractivity contribution is 14.1. The molecule has 0 saturated heterocycles. The van der Waals surface area contributed by atoms with Gasteiger partial charge in [-0.1, -0.05) is 24.3 Å². The highest BCUT2D eigenvalue weighted by atomic mass is 127. The van der Waals surface area contributed by atoms with Gasteiger partial charge in [-0.3, -0.25) is 4.99 Å². The minimum atomic E-state index is -0.770. The third-order valence-corrected chi connectivity index (χ3v) is 3.89. The average molecular weight is 439 g/mol. The van der Waals surface area contributed by atoms with Crippen LogP contribution in [0.2, 0.25) is 0 Å². The standard InChI is InChI=1S/C18H15FINO3/c1-2-24-18(23)14(11-21-12-7-4-3-5-8-12)17(22)13-9-6-10-15(20)16(13)19/h3-11,22H,2H2,1H3/b17-14-,21-11?. The third-order valence-electron chi connectivity index (χ3n) is 3.06. The highest BCUT2D eigenvalue weighted by Gasteiger charge is 2.19. The number of carbonyl (C=O) groups excluding carboxylic acids is 1. The molecular formula is C18H15FINO3. The number of aliphatic imine (C=N–C) groups is 1. The first kappa shape index (κ1) is 18.1. The van der Waals surface area contributed by atoms with E-state index in [9.17, 15) is 14.3 Å². The van der Waals surface area contributed by atoms with Crippen molar-refractivity contribution >= 4 is 46.2 Å². The first-order valence-corrected chi connectivity index (χ1v) is 8.26. The molecule has 2 aromatic rings. The Hall–Kier alpha value is -2.22. The summed E-state index contributed by atoms with van der Waals surface area (Å²) in [6.45, 7) is 1.77. The van der Waals surface area contributed by atoms with Crippen molar-refractivity contribution < 1.29 is 19.0 Å². The molecule has 0 aromatic heterocycles. The molecule has 24 heavy (non-hydrogen) atoms. The molecule has 0 unspecified atom stereocenters. The maximum atomic E-state index is 14.2. The van der Waals surface area contributed by atoms with Crippen molar-refractivity contribution in [3.05, 3.63) is 69.1 Å². The van der Waals surface area contributed by atoms with Crippen LogP contribution >= 0.6 is 22.6 Å². The minimum absolute atomic E-state index is 0.0792. The number of halogens is 2. The van der Waals surface area contributed by atoms with Crippen molar-refractivity contribution in [3.63, 3.8) is 0 Å². The van der Waals surface area contributed by atoms with E-state index in [1.807, 2.05) is 28.7 Å². The average Bonchev–Trinajstić information content (AvgIpc) is 2.58. The summed E-state index contributed by atoms with van der Waals surface area (Å²) < 4.78 is 19.5. The Labute approximate surface area is 152 Å². The Morgan fingerprint density at radius 1 is 1.25 bits per heavy atom. The minimum Gasteiger partial charge on any atom is -0.506 e. The molecule has 0 spiro atoms. The van der Waals surface area contributed by atoms with Crippen LogP contribution in [0.1, 0.15) is 12.5 Å². The van der Waals surface area contributed by atoms with E-state index in [1.54, 1.807) is 43.3 Å². The number of rotatable bonds is 5. The van der Waals surface area contributed by atoms with Crippen molar-refractivity contribution in [2.75, 3.05) is 6.61 Å². The first-order valence-electron chi connectivity index (χ1n) is 7.18. The number of ether oxygens (including phenoxy) is 1. The third kappa shape index (κ3) is 4.41. The molecule has 0 atom stereocenters. The van der Waals surface area contributed by atoms with Gasteiger partial charge < -0.3 is 9.84 Å². The van der Waals surface area contributed by atoms with Crippen molar-refractivity contribution in [1.82, 2.24) is 0 Å². The van der Waals surface area contributed by atoms with E-state index >= 15 is 0 Å². The van der Waals surface area contributed by atoms with Crippen molar-refractivity contribution in [1.29, 1.82) is 0 Å². The van der Waals surface area contributed by atoms with Gasteiger partial charge in [0.1, 0.15) is 17.1 Å². The molecule has 0 aliphatic rings. The van der Waals surface area contributed by atoms with E-state index in [4.69, 9.17) is 4.74 Å². The topological polar surface area (TPSA) is 58.9 Å². The number of nitrogens with zero attached hydrogens (tertiary/aromatic N) is 1. The molecule has 1 N–H and O–H groups in total. The zero-order chi connectivity index (χ0) is 17.5. The summed E-state index contributed by atoms with van der Waals surface area (Å²) in [5, 5.41) is 10.4. The molecule has 2 aromatic carbocycles. The van der Waals surface area contributed by atoms with Crippen LogP contribution in [-0.2, 0) is 9.53 Å². The fourth-order valence-electron chi connectivity index (χ4n) is 1.90. The number of para-hydroxylation sites is 1. The normalized spacial score (nSPS) is 12.1. The van der Waals surface area contributed by atoms with Gasteiger partial charge in [-0.05, 0) is 53.8 Å². The maximum Gasteiger partial charge on any atom is 0.343 e. The largest absolute Gasteiger partial charge is 0.506 e. The lowest BCUT2D eigenvalue weighted by Gasteiger charge is -2.08. The van der Waals surface area contributed by atoms with E-state index in [0.29, 0.717) is 9.26 Å². The molecule has 6 heteroatoms. The van der Waals surface area contributed by atoms with Crippen molar-refractivity contribution in [2.45, 2.75) is 6.92 Å². The number of aliphatic hydroxyl groups is 1. The van der Waals surface area contributed by atoms with E-state index in [1.165, 1.54) is 12.3 Å². The number of hydrogen-bond donors (Lipinski definition) is 1. The number of carbonyl (C=O) groups is 1. The Balaban J connectivity index is 2.50. The Morgan fingerprint density at radius 3 is 2.62 bits per heavy atom. The zero-order valence-corrected chi connectivity index (χ0v) is 15.0. The molecule has 4 nitrogen and oxygen atoms in total. The van der Waals surface area contributed by atoms with Gasteiger partial charge in [-0.15, -0.1) is 0 Å². The first-order chi connectivity index (χ1) is 11.5. The Morgan fingerprint density at radius 2 is 1.96 bits per heavy atom. The van der Waals surface area contributed by atoms with Crippen LogP contribution in [0.15, 0.2) is 59.1 Å². The van der Waals surface area contributed by atoms with E-state index in [0.717, 1.165) is 0 Å². The lowest BCUT2D eigenvalue weighted by Crippen LogP contribution is -2.12. The van der Waals surface area contributed by atoms with Crippen molar-refractivity contribution in [3.8, 4) is 0 Å². The van der Waals surface area contributed by atoms with Crippen LogP contribution in [0.4, 0.5) is 10.1 Å². The van der Waals surface area contributed by atoms with Gasteiger partial charge in [0, 0.05) is 9.78 Å². The van der Waals surface area contributed by atoms with Gasteiger partial charge in [0.15, 0.2) is 0 Å². The Kier molecular flexibility index (Phi) is 6.48. The molecule has 0 radical (unpaired) electrons. The molecule has 0 fully saturated rings. The molecule has 0 saturated carbocycles. The van der Waals surface area contributed by atoms with Crippen LogP contribution in [0, 0.1) is 9.39 Å². The van der Waals surface area contributed by atoms with Gasteiger partial charge in [-0.2, -0.15) is 0 Å². The van der Waals surface area contributed by atoms with E-state index in [-0.39, 0.29) is 17.7 Å². The number of hydrogen-bond acceptors (Lipinski definition) is 4. The van der Waals surface area contributed by atoms with Gasteiger partial charge in [-0.25, -0.2) is 9.18 Å². The summed E-state index contributed by atoms with van der Waals surface area (Å²) in [7, 11) is 0. The fraction of sp³-hybridized carbons (Fsp3) is 0.111. The number of aliphatic hydroxyl groups excluding tert-OH is 1. The Bertz CT molecular complexity index is 788. The molecule has 0 aliphatic heterocycles. The lowest BCUT2D eigenvalue weighted by atomic mass is 10.1. The van der Waals surface area contributed by atoms with E-state index in [2.05, 4.69) is 4.99 Å². The SMILES string of the molecule is CCOC(=O)/C(C=Nc1ccccc1)=C(\O)c1cccc(I)c1F. The van der Waals surface area contributed by atoms with Crippen molar-refractivity contribution in [2.24, 2.45) is 4.99 Å². The molecule has 0 bridgehead atoms. The van der Waals surface area contributed by atoms with Gasteiger partial charge in [0.05, 0.1) is 17.9 Å². The molecule has 0 heterocycles. The maximum absolute atomic E-state index is 14.2. The lowest BCUT2D eigenvalue weighted by molar-refractivity contribution is -0.137. The van der Waals surface area contributed by atoms with Gasteiger partial charge >= 0.3 is 5.97 Å². The van der Waals surface area contributed by atoms with Crippen LogP contribution in [0.25, 0.3) is 5.76 Å². The number of esters is 1. The second kappa shape index (κ2) is 8.58. The molecule has 124 valence electrons. The second-order valence-electron chi connectivity index (χ2n) is 4.68. The molecule has 0 aliphatic carbocycles. The summed E-state index contributed by atoms with van der Waals surface area (Å²) in [6.07, 6.45) is 1.18. The fourth-order valence-corrected chi connectivity index (χ4v) is 2.40. The predicted octanol–water partition coefficient (Wildman–Crippen LogP) is 4.67. The summed E-state index contributed by atoms with van der Waals surface area (Å²) in [4.78, 5) is 16.3. The summed E-state index contributed by atoms with van der Waals surface area (Å²) >= 11 is 1.81. The predicted molar refractivity (Wildman–Crippen MR) is 99.9 cm³/mol. The highest BCUT2D eigenvalue weighted by Crippen LogP contribution is 2.23. The molecule has 0 amide bonds. The zero-order valence-electron chi connectivity index (χ0n) is 12.9. The molecular weight excluding hydrogens is 424 g/mol. The van der Waals surface area contributed by atoms with Crippen LogP contribution in [0.3, 0.4) is 0 Å². The van der Waals surface area contributed by atoms with Gasteiger partial charge in [0.2, 0.25) is 0 Å². The second-order valence-corrected chi connectivity index (χ2v) is 5.84. The smallest absolute Gasteiger partial charge is 0.343 e. The molecule has 2 rings (SSSR count). The van der Waals surface area contributed by atoms with Crippen LogP contribution < -0.4 is 0 Å². The quantitative estimate of drug-likeness (QED) is 0.242. The van der Waals surface area contributed by atoms with Gasteiger partial charge in [0.25, 0.3) is 0 Å². The summed E-state index contributed by atoms with van der Waals surface area (Å²) in [5.74, 6) is -1.89. The van der Waals surface area contributed by atoms with E-state index < -0.39 is 17.5 Å². The summed E-state index contributed by atoms with van der Waals surface area (Å²) in [6, 6.07) is 13.4. The summed E-state index contributed by atoms with van der Waals surface area (Å²) in [5.41, 5.74) is 0.307. The number of benzene rings is 2.